The van der Waals surface area contributed by atoms with Crippen LogP contribution in [0.4, 0.5) is 4.39 Å². The first-order valence-corrected chi connectivity index (χ1v) is 9.47. The number of hydrogen-bond acceptors (Lipinski definition) is 3. The summed E-state index contributed by atoms with van der Waals surface area (Å²) in [6, 6.07) is 22.4. The molecule has 0 saturated carbocycles. The minimum atomic E-state index is -0.342. The number of carbonyl (C=O) groups excluding carboxylic acids is 1. The minimum absolute atomic E-state index is 0.226. The van der Waals surface area contributed by atoms with Crippen LogP contribution in [0, 0.1) is 5.82 Å². The largest absolute Gasteiger partial charge is 0.452 e. The van der Waals surface area contributed by atoms with E-state index in [1.165, 1.54) is 23.9 Å². The van der Waals surface area contributed by atoms with Gasteiger partial charge in [0.25, 0.3) is 0 Å². The van der Waals surface area contributed by atoms with Gasteiger partial charge in [-0.3, -0.25) is 4.79 Å². The van der Waals surface area contributed by atoms with E-state index in [2.05, 4.69) is 12.1 Å². The second kappa shape index (κ2) is 7.34. The average molecular weight is 364 g/mol. The number of ether oxygens (including phenoxy) is 1. The summed E-state index contributed by atoms with van der Waals surface area (Å²) >= 11 is 1.52. The molecule has 0 aliphatic heterocycles. The molecule has 3 aromatic carbocycles. The summed E-state index contributed by atoms with van der Waals surface area (Å²) in [4.78, 5) is 13.3. The van der Waals surface area contributed by atoms with Crippen molar-refractivity contribution in [1.29, 1.82) is 0 Å². The molecule has 0 radical (unpaired) electrons. The number of hydrogen-bond donors (Lipinski definition) is 0. The molecule has 0 N–H and O–H groups in total. The van der Waals surface area contributed by atoms with Gasteiger partial charge in [0.1, 0.15) is 5.82 Å². The first-order chi connectivity index (χ1) is 12.7. The van der Waals surface area contributed by atoms with Crippen LogP contribution in [-0.2, 0) is 9.53 Å². The van der Waals surface area contributed by atoms with Crippen LogP contribution in [0.5, 0.6) is 0 Å². The van der Waals surface area contributed by atoms with Crippen LogP contribution < -0.4 is 0 Å². The van der Waals surface area contributed by atoms with Crippen molar-refractivity contribution in [3.05, 3.63) is 89.7 Å². The molecular formula is C22H17FO2S. The second-order valence-electron chi connectivity index (χ2n) is 6.10. The van der Waals surface area contributed by atoms with Gasteiger partial charge in [0.15, 0.2) is 6.10 Å². The molecular weight excluding hydrogens is 347 g/mol. The van der Waals surface area contributed by atoms with Gasteiger partial charge in [-0.25, -0.2) is 4.39 Å². The van der Waals surface area contributed by atoms with Crippen molar-refractivity contribution in [2.24, 2.45) is 0 Å². The molecule has 0 fully saturated rings. The average Bonchev–Trinajstić information content (AvgIpc) is 2.98. The predicted octanol–water partition coefficient (Wildman–Crippen LogP) is 5.62. The van der Waals surface area contributed by atoms with Gasteiger partial charge in [-0.2, -0.15) is 0 Å². The Labute approximate surface area is 156 Å². The van der Waals surface area contributed by atoms with E-state index in [4.69, 9.17) is 4.74 Å². The monoisotopic (exact) mass is 364 g/mol. The highest BCUT2D eigenvalue weighted by atomic mass is 32.2. The molecule has 0 amide bonds. The zero-order valence-corrected chi connectivity index (χ0v) is 14.8. The molecule has 26 heavy (non-hydrogen) atoms. The third kappa shape index (κ3) is 3.37. The summed E-state index contributed by atoms with van der Waals surface area (Å²) in [5.74, 6) is 0.115. The van der Waals surface area contributed by atoms with E-state index < -0.39 is 0 Å². The van der Waals surface area contributed by atoms with E-state index in [-0.39, 0.29) is 17.9 Å². The van der Waals surface area contributed by atoms with E-state index in [9.17, 15) is 9.18 Å². The molecule has 3 aromatic rings. The Morgan fingerprint density at radius 3 is 2.08 bits per heavy atom. The van der Waals surface area contributed by atoms with Crippen LogP contribution in [0.15, 0.2) is 77.7 Å². The molecule has 0 saturated heterocycles. The highest BCUT2D eigenvalue weighted by Gasteiger charge is 2.30. The number of benzene rings is 3. The van der Waals surface area contributed by atoms with Crippen molar-refractivity contribution in [1.82, 2.24) is 0 Å². The lowest BCUT2D eigenvalue weighted by atomic mass is 10.1. The summed E-state index contributed by atoms with van der Waals surface area (Å²) < 4.78 is 18.7. The van der Waals surface area contributed by atoms with Gasteiger partial charge in [0.05, 0.1) is 6.42 Å². The number of fused-ring (bicyclic) bond motifs is 3. The molecule has 0 spiro atoms. The van der Waals surface area contributed by atoms with E-state index in [1.54, 1.807) is 12.1 Å². The fraction of sp³-hybridized carbons (Fsp3) is 0.136. The first-order valence-electron chi connectivity index (χ1n) is 8.48. The lowest BCUT2D eigenvalue weighted by Crippen LogP contribution is -2.11. The molecule has 0 atom stereocenters. The maximum absolute atomic E-state index is 12.9. The second-order valence-corrected chi connectivity index (χ2v) is 7.27. The van der Waals surface area contributed by atoms with Gasteiger partial charge in [0, 0.05) is 21.8 Å². The Hall–Kier alpha value is -2.59. The van der Waals surface area contributed by atoms with Crippen LogP contribution >= 0.6 is 11.8 Å². The molecule has 130 valence electrons. The summed E-state index contributed by atoms with van der Waals surface area (Å²) in [7, 11) is 0. The van der Waals surface area contributed by atoms with E-state index in [1.807, 2.05) is 36.4 Å². The third-order valence-electron chi connectivity index (χ3n) is 4.41. The van der Waals surface area contributed by atoms with Gasteiger partial charge in [-0.05, 0) is 35.4 Å². The molecule has 0 heterocycles. The fourth-order valence-corrected chi connectivity index (χ4v) is 4.04. The highest BCUT2D eigenvalue weighted by Crippen LogP contribution is 2.45. The Morgan fingerprint density at radius 2 is 1.46 bits per heavy atom. The topological polar surface area (TPSA) is 26.3 Å². The maximum Gasteiger partial charge on any atom is 0.307 e. The smallest absolute Gasteiger partial charge is 0.307 e. The van der Waals surface area contributed by atoms with Crippen LogP contribution in [-0.4, -0.2) is 11.7 Å². The number of halogens is 1. The fourth-order valence-electron chi connectivity index (χ4n) is 3.21. The highest BCUT2D eigenvalue weighted by molar-refractivity contribution is 7.99. The van der Waals surface area contributed by atoms with Gasteiger partial charge < -0.3 is 4.74 Å². The van der Waals surface area contributed by atoms with E-state index >= 15 is 0 Å². The van der Waals surface area contributed by atoms with Crippen molar-refractivity contribution in [2.45, 2.75) is 17.4 Å². The third-order valence-corrected chi connectivity index (χ3v) is 5.43. The summed E-state index contributed by atoms with van der Waals surface area (Å²) in [5, 5.41) is 0. The minimum Gasteiger partial charge on any atom is -0.452 e. The maximum atomic E-state index is 12.9. The van der Waals surface area contributed by atoms with Gasteiger partial charge in [-0.1, -0.05) is 48.5 Å². The van der Waals surface area contributed by atoms with Gasteiger partial charge in [0.2, 0.25) is 0 Å². The van der Waals surface area contributed by atoms with E-state index in [0.717, 1.165) is 27.1 Å². The van der Waals surface area contributed by atoms with Crippen LogP contribution in [0.3, 0.4) is 0 Å². The van der Waals surface area contributed by atoms with Crippen LogP contribution in [0.1, 0.15) is 23.7 Å². The van der Waals surface area contributed by atoms with Gasteiger partial charge in [-0.15, -0.1) is 11.8 Å². The van der Waals surface area contributed by atoms with Gasteiger partial charge >= 0.3 is 5.97 Å². The summed E-state index contributed by atoms with van der Waals surface area (Å²) in [6.45, 7) is 0. The van der Waals surface area contributed by atoms with Crippen LogP contribution in [0.25, 0.3) is 11.1 Å². The van der Waals surface area contributed by atoms with Crippen molar-refractivity contribution in [3.63, 3.8) is 0 Å². The molecule has 4 heteroatoms. The standard InChI is InChI=1S/C22H17FO2S/c23-15-9-11-16(12-10-15)26-14-13-21(24)25-22-19-7-3-1-5-17(19)18-6-2-4-8-20(18)22/h1-12,22H,13-14H2. The molecule has 1 aliphatic rings. The zero-order valence-electron chi connectivity index (χ0n) is 14.0. The number of rotatable bonds is 5. The first kappa shape index (κ1) is 16.9. The SMILES string of the molecule is O=C(CCSc1ccc(F)cc1)OC1c2ccccc2-c2ccccc21. The van der Waals surface area contributed by atoms with Crippen molar-refractivity contribution >= 4 is 17.7 Å². The number of esters is 1. The van der Waals surface area contributed by atoms with Crippen molar-refractivity contribution in [3.8, 4) is 11.1 Å². The lowest BCUT2D eigenvalue weighted by Gasteiger charge is -2.15. The number of thioether (sulfide) groups is 1. The molecule has 2 nitrogen and oxygen atoms in total. The van der Waals surface area contributed by atoms with Crippen molar-refractivity contribution < 1.29 is 13.9 Å². The Morgan fingerprint density at radius 1 is 0.885 bits per heavy atom. The quantitative estimate of drug-likeness (QED) is 0.434. The molecule has 0 unspecified atom stereocenters. The Bertz CT molecular complexity index is 891. The molecule has 1 aliphatic carbocycles. The Kier molecular flexibility index (Phi) is 4.76. The number of carbonyl (C=O) groups is 1. The van der Waals surface area contributed by atoms with E-state index in [0.29, 0.717) is 12.2 Å². The molecule has 0 aromatic heterocycles. The Balaban J connectivity index is 1.42. The zero-order chi connectivity index (χ0) is 17.9. The predicted molar refractivity (Wildman–Crippen MR) is 102 cm³/mol. The molecule has 0 bridgehead atoms. The normalized spacial score (nSPS) is 12.5. The lowest BCUT2D eigenvalue weighted by molar-refractivity contribution is -0.146. The van der Waals surface area contributed by atoms with Crippen molar-refractivity contribution in [2.75, 3.05) is 5.75 Å². The summed E-state index contributed by atoms with van der Waals surface area (Å²) in [6.07, 6.45) is -0.0335. The molecule has 4 rings (SSSR count). The summed E-state index contributed by atoms with van der Waals surface area (Å²) in [5.41, 5.74) is 4.32. The van der Waals surface area contributed by atoms with Crippen LogP contribution in [0.2, 0.25) is 0 Å².